The molecule has 1 heterocycles. The van der Waals surface area contributed by atoms with Gasteiger partial charge in [-0.25, -0.2) is 0 Å². The average Bonchev–Trinajstić information content (AvgIpc) is 2.62. The van der Waals surface area contributed by atoms with E-state index in [2.05, 4.69) is 0 Å². The molecule has 0 aromatic carbocycles. The van der Waals surface area contributed by atoms with Gasteiger partial charge in [-0.3, -0.25) is 0 Å². The van der Waals surface area contributed by atoms with E-state index in [4.69, 9.17) is 15.2 Å². The Morgan fingerprint density at radius 2 is 2.00 bits per heavy atom. The van der Waals surface area contributed by atoms with Crippen LogP contribution >= 0.6 is 12.4 Å². The topological polar surface area (TPSA) is 44.5 Å². The molecule has 0 aromatic heterocycles. The molecule has 0 amide bonds. The molecule has 2 atom stereocenters. The smallest absolute Gasteiger partial charge is 0.0985 e. The lowest BCUT2D eigenvalue weighted by Gasteiger charge is -2.12. The highest BCUT2D eigenvalue weighted by molar-refractivity contribution is 5.85. The summed E-state index contributed by atoms with van der Waals surface area (Å²) in [6.07, 6.45) is 3.09. The molecule has 2 unspecified atom stereocenters. The molecule has 2 aliphatic rings. The second-order valence-electron chi connectivity index (χ2n) is 3.08. The van der Waals surface area contributed by atoms with Crippen molar-refractivity contribution in [3.05, 3.63) is 0 Å². The van der Waals surface area contributed by atoms with Crippen LogP contribution in [0, 0.1) is 0 Å². The van der Waals surface area contributed by atoms with E-state index in [1.165, 1.54) is 12.8 Å². The Balaban J connectivity index is 0.000000605. The van der Waals surface area contributed by atoms with Crippen molar-refractivity contribution in [2.45, 2.75) is 31.1 Å². The van der Waals surface area contributed by atoms with Crippen molar-refractivity contribution in [1.82, 2.24) is 0 Å². The molecule has 11 heavy (non-hydrogen) atoms. The van der Waals surface area contributed by atoms with Gasteiger partial charge >= 0.3 is 0 Å². The fourth-order valence-electron chi connectivity index (χ4n) is 1.14. The molecular formula is C7H14ClNO2. The normalized spacial score (nSPS) is 36.8. The molecule has 2 rings (SSSR count). The number of nitrogens with two attached hydrogens (primary N) is 1. The lowest BCUT2D eigenvalue weighted by molar-refractivity contribution is 0.0260. The molecule has 3 nitrogen and oxygen atoms in total. The second kappa shape index (κ2) is 3.72. The first-order chi connectivity index (χ1) is 4.86. The van der Waals surface area contributed by atoms with E-state index in [0.29, 0.717) is 19.3 Å². The van der Waals surface area contributed by atoms with Gasteiger partial charge in [0.2, 0.25) is 0 Å². The fraction of sp³-hybridized carbons (Fsp3) is 1.00. The summed E-state index contributed by atoms with van der Waals surface area (Å²) in [6.45, 7) is 1.36. The number of ether oxygens (including phenoxy) is 2. The summed E-state index contributed by atoms with van der Waals surface area (Å²) >= 11 is 0. The van der Waals surface area contributed by atoms with Gasteiger partial charge in [-0.05, 0) is 12.8 Å². The minimum atomic E-state index is 0. The fourth-order valence-corrected chi connectivity index (χ4v) is 1.14. The monoisotopic (exact) mass is 179 g/mol. The van der Waals surface area contributed by atoms with Crippen molar-refractivity contribution in [1.29, 1.82) is 0 Å². The zero-order valence-corrected chi connectivity index (χ0v) is 7.18. The highest BCUT2D eigenvalue weighted by Gasteiger charge is 2.32. The summed E-state index contributed by atoms with van der Waals surface area (Å²) in [7, 11) is 0. The summed E-state index contributed by atoms with van der Waals surface area (Å²) in [5, 5.41) is 0. The predicted molar refractivity (Wildman–Crippen MR) is 43.9 cm³/mol. The number of hydrogen-bond donors (Lipinski definition) is 1. The van der Waals surface area contributed by atoms with E-state index in [1.54, 1.807) is 0 Å². The van der Waals surface area contributed by atoms with Gasteiger partial charge < -0.3 is 15.2 Å². The Morgan fingerprint density at radius 1 is 1.27 bits per heavy atom. The summed E-state index contributed by atoms with van der Waals surface area (Å²) in [4.78, 5) is 0. The minimum absolute atomic E-state index is 0. The number of halogens is 1. The van der Waals surface area contributed by atoms with E-state index in [-0.39, 0.29) is 24.6 Å². The van der Waals surface area contributed by atoms with Crippen LogP contribution in [0.4, 0.5) is 0 Å². The lowest BCUT2D eigenvalue weighted by Crippen LogP contribution is -2.35. The standard InChI is InChI=1S/C7H13NO2.ClH/c8-6-3-9-4-7(6)10-5-1-2-5;/h5-7H,1-4,8H2;1H. The van der Waals surface area contributed by atoms with Crippen molar-refractivity contribution >= 4 is 12.4 Å². The Hall–Kier alpha value is 0.170. The Bertz CT molecular complexity index is 130. The molecule has 2 fully saturated rings. The van der Waals surface area contributed by atoms with Crippen LogP contribution in [0.15, 0.2) is 0 Å². The maximum absolute atomic E-state index is 5.71. The molecule has 4 heteroatoms. The highest BCUT2D eigenvalue weighted by Crippen LogP contribution is 2.26. The van der Waals surface area contributed by atoms with Gasteiger partial charge in [0.05, 0.1) is 31.5 Å². The SMILES string of the molecule is Cl.NC1COCC1OC1CC1. The molecule has 2 N–H and O–H groups in total. The van der Waals surface area contributed by atoms with Gasteiger partial charge in [0, 0.05) is 0 Å². The van der Waals surface area contributed by atoms with Crippen LogP contribution in [-0.2, 0) is 9.47 Å². The molecule has 1 saturated heterocycles. The quantitative estimate of drug-likeness (QED) is 0.664. The van der Waals surface area contributed by atoms with Gasteiger partial charge in [0.25, 0.3) is 0 Å². The number of rotatable bonds is 2. The third-order valence-electron chi connectivity index (χ3n) is 1.96. The summed E-state index contributed by atoms with van der Waals surface area (Å²) < 4.78 is 10.7. The predicted octanol–water partition coefficient (Wildman–Crippen LogP) is 0.313. The molecular weight excluding hydrogens is 166 g/mol. The van der Waals surface area contributed by atoms with Crippen LogP contribution < -0.4 is 5.73 Å². The van der Waals surface area contributed by atoms with Crippen molar-refractivity contribution in [2.75, 3.05) is 13.2 Å². The maximum atomic E-state index is 5.71. The maximum Gasteiger partial charge on any atom is 0.0985 e. The Kier molecular flexibility index (Phi) is 3.13. The second-order valence-corrected chi connectivity index (χ2v) is 3.08. The van der Waals surface area contributed by atoms with Crippen molar-refractivity contribution < 1.29 is 9.47 Å². The van der Waals surface area contributed by atoms with Gasteiger partial charge in [-0.1, -0.05) is 0 Å². The molecule has 66 valence electrons. The molecule has 0 bridgehead atoms. The highest BCUT2D eigenvalue weighted by atomic mass is 35.5. The molecule has 1 aliphatic heterocycles. The van der Waals surface area contributed by atoms with Gasteiger partial charge in [0.1, 0.15) is 0 Å². The van der Waals surface area contributed by atoms with E-state index in [0.717, 1.165) is 0 Å². The largest absolute Gasteiger partial charge is 0.377 e. The zero-order valence-electron chi connectivity index (χ0n) is 6.36. The van der Waals surface area contributed by atoms with Crippen molar-refractivity contribution in [3.63, 3.8) is 0 Å². The van der Waals surface area contributed by atoms with E-state index in [1.807, 2.05) is 0 Å². The third-order valence-corrected chi connectivity index (χ3v) is 1.96. The summed E-state index contributed by atoms with van der Waals surface area (Å²) in [5.74, 6) is 0. The first-order valence-electron chi connectivity index (χ1n) is 3.85. The molecule has 0 radical (unpaired) electrons. The molecule has 0 aromatic rings. The van der Waals surface area contributed by atoms with Crippen LogP contribution in [0.2, 0.25) is 0 Å². The minimum Gasteiger partial charge on any atom is -0.377 e. The van der Waals surface area contributed by atoms with Gasteiger partial charge in [-0.15, -0.1) is 12.4 Å². The summed E-state index contributed by atoms with van der Waals surface area (Å²) in [5.41, 5.74) is 5.71. The molecule has 1 aliphatic carbocycles. The Labute approximate surface area is 72.6 Å². The first-order valence-corrected chi connectivity index (χ1v) is 3.85. The number of hydrogen-bond acceptors (Lipinski definition) is 3. The summed E-state index contributed by atoms with van der Waals surface area (Å²) in [6, 6.07) is 0.112. The van der Waals surface area contributed by atoms with E-state index >= 15 is 0 Å². The van der Waals surface area contributed by atoms with Crippen LogP contribution in [-0.4, -0.2) is 31.5 Å². The van der Waals surface area contributed by atoms with Crippen LogP contribution in [0.25, 0.3) is 0 Å². The van der Waals surface area contributed by atoms with Crippen LogP contribution in [0.3, 0.4) is 0 Å². The van der Waals surface area contributed by atoms with Crippen molar-refractivity contribution in [2.24, 2.45) is 5.73 Å². The van der Waals surface area contributed by atoms with Crippen molar-refractivity contribution in [3.8, 4) is 0 Å². The van der Waals surface area contributed by atoms with E-state index in [9.17, 15) is 0 Å². The van der Waals surface area contributed by atoms with Crippen LogP contribution in [0.1, 0.15) is 12.8 Å². The third kappa shape index (κ3) is 2.30. The van der Waals surface area contributed by atoms with E-state index < -0.39 is 0 Å². The average molecular weight is 180 g/mol. The zero-order chi connectivity index (χ0) is 6.97. The van der Waals surface area contributed by atoms with Crippen LogP contribution in [0.5, 0.6) is 0 Å². The molecule has 1 saturated carbocycles. The first kappa shape index (κ1) is 9.26. The van der Waals surface area contributed by atoms with Gasteiger partial charge in [0.15, 0.2) is 0 Å². The Morgan fingerprint density at radius 3 is 2.45 bits per heavy atom. The lowest BCUT2D eigenvalue weighted by atomic mass is 10.2. The molecule has 0 spiro atoms. The van der Waals surface area contributed by atoms with Gasteiger partial charge in [-0.2, -0.15) is 0 Å².